The molecule has 2 aromatic rings. The van der Waals surface area contributed by atoms with E-state index in [1.807, 2.05) is 48.2 Å². The van der Waals surface area contributed by atoms with Crippen LogP contribution >= 0.6 is 11.8 Å². The number of ether oxygens (including phenoxy) is 1. The van der Waals surface area contributed by atoms with Gasteiger partial charge in [0.15, 0.2) is 0 Å². The normalized spacial score (nSPS) is 17.6. The first-order valence-electron chi connectivity index (χ1n) is 9.56. The van der Waals surface area contributed by atoms with Gasteiger partial charge >= 0.3 is 0 Å². The fourth-order valence-electron chi connectivity index (χ4n) is 3.17. The first kappa shape index (κ1) is 19.7. The van der Waals surface area contributed by atoms with E-state index in [4.69, 9.17) is 4.74 Å². The second kappa shape index (κ2) is 8.79. The van der Waals surface area contributed by atoms with Gasteiger partial charge in [0.25, 0.3) is 5.91 Å². The summed E-state index contributed by atoms with van der Waals surface area (Å²) in [6.07, 6.45) is 5.04. The van der Waals surface area contributed by atoms with Crippen molar-refractivity contribution in [3.63, 3.8) is 0 Å². The van der Waals surface area contributed by atoms with Gasteiger partial charge in [-0.25, -0.2) is 4.98 Å². The van der Waals surface area contributed by atoms with E-state index in [1.54, 1.807) is 12.3 Å². The van der Waals surface area contributed by atoms with Crippen molar-refractivity contribution in [3.8, 4) is 11.6 Å². The Morgan fingerprint density at radius 3 is 2.81 bits per heavy atom. The summed E-state index contributed by atoms with van der Waals surface area (Å²) in [6.45, 7) is 7.51. The van der Waals surface area contributed by atoms with Crippen molar-refractivity contribution in [1.82, 2.24) is 9.88 Å². The van der Waals surface area contributed by atoms with Crippen LogP contribution in [0.1, 0.15) is 50.4 Å². The molecule has 0 saturated carbocycles. The molecule has 3 rings (SSSR count). The number of pyridine rings is 1. The number of rotatable bonds is 5. The number of aromatic nitrogens is 1. The molecule has 0 N–H and O–H groups in total. The minimum atomic E-state index is 0.0979. The molecule has 27 heavy (non-hydrogen) atoms. The maximum Gasteiger partial charge on any atom is 0.254 e. The summed E-state index contributed by atoms with van der Waals surface area (Å²) in [5.74, 6) is 2.25. The van der Waals surface area contributed by atoms with Crippen LogP contribution in [-0.2, 0) is 0 Å². The molecule has 144 valence electrons. The van der Waals surface area contributed by atoms with Crippen molar-refractivity contribution >= 4 is 17.7 Å². The third-order valence-corrected chi connectivity index (χ3v) is 5.96. The van der Waals surface area contributed by atoms with Gasteiger partial charge in [0.05, 0.1) is 0 Å². The zero-order valence-electron chi connectivity index (χ0n) is 16.4. The molecule has 1 aromatic carbocycles. The molecule has 0 spiro atoms. The third-order valence-electron chi connectivity index (χ3n) is 4.54. The largest absolute Gasteiger partial charge is 0.439 e. The standard InChI is InChI=1S/C22H28N2O2S/c1-22(2,3)27-16-18-10-5-7-14-24(18)21(25)17-9-8-11-19(15-17)26-20-12-4-6-13-23-20/h4,6,8-9,11-13,15,18H,5,7,10,14,16H2,1-3H3/t18-/m1/s1. The second-order valence-electron chi connectivity index (χ2n) is 7.87. The van der Waals surface area contributed by atoms with Gasteiger partial charge in [0, 0.05) is 40.9 Å². The Morgan fingerprint density at radius 1 is 1.22 bits per heavy atom. The van der Waals surface area contributed by atoms with Crippen molar-refractivity contribution in [2.75, 3.05) is 12.3 Å². The molecule has 1 aliphatic heterocycles. The molecule has 1 amide bonds. The van der Waals surface area contributed by atoms with Gasteiger partial charge in [0.1, 0.15) is 5.75 Å². The topological polar surface area (TPSA) is 42.4 Å². The number of amides is 1. The Morgan fingerprint density at radius 2 is 2.07 bits per heavy atom. The van der Waals surface area contributed by atoms with Crippen molar-refractivity contribution in [3.05, 3.63) is 54.2 Å². The smallest absolute Gasteiger partial charge is 0.254 e. The molecule has 1 atom stereocenters. The van der Waals surface area contributed by atoms with Gasteiger partial charge in [-0.3, -0.25) is 4.79 Å². The number of likely N-dealkylation sites (tertiary alicyclic amines) is 1. The number of carbonyl (C=O) groups excluding carboxylic acids is 1. The van der Waals surface area contributed by atoms with E-state index in [9.17, 15) is 4.79 Å². The van der Waals surface area contributed by atoms with Crippen molar-refractivity contribution in [1.29, 1.82) is 0 Å². The molecule has 5 heteroatoms. The lowest BCUT2D eigenvalue weighted by Crippen LogP contribution is -2.45. The average molecular weight is 385 g/mol. The molecule has 0 unspecified atom stereocenters. The Hall–Kier alpha value is -2.01. The number of hydrogen-bond donors (Lipinski definition) is 0. The van der Waals surface area contributed by atoms with Crippen molar-refractivity contribution in [2.45, 2.75) is 50.8 Å². The Kier molecular flexibility index (Phi) is 6.42. The summed E-state index contributed by atoms with van der Waals surface area (Å²) in [7, 11) is 0. The predicted octanol–water partition coefficient (Wildman–Crippen LogP) is 5.40. The van der Waals surface area contributed by atoms with Crippen LogP contribution in [0.2, 0.25) is 0 Å². The molecule has 1 fully saturated rings. The van der Waals surface area contributed by atoms with Crippen LogP contribution in [0.4, 0.5) is 0 Å². The predicted molar refractivity (Wildman–Crippen MR) is 112 cm³/mol. The monoisotopic (exact) mass is 384 g/mol. The van der Waals surface area contributed by atoms with Crippen LogP contribution in [-0.4, -0.2) is 38.9 Å². The summed E-state index contributed by atoms with van der Waals surface area (Å²) < 4.78 is 6.00. The van der Waals surface area contributed by atoms with Gasteiger partial charge in [0.2, 0.25) is 5.88 Å². The molecule has 0 aliphatic carbocycles. The Labute approximate surface area is 166 Å². The molecule has 2 heterocycles. The van der Waals surface area contributed by atoms with E-state index in [-0.39, 0.29) is 10.7 Å². The highest BCUT2D eigenvalue weighted by Crippen LogP contribution is 2.30. The lowest BCUT2D eigenvalue weighted by Gasteiger charge is -2.37. The fourth-order valence-corrected chi connectivity index (χ4v) is 4.21. The maximum atomic E-state index is 13.2. The highest BCUT2D eigenvalue weighted by atomic mass is 32.2. The van der Waals surface area contributed by atoms with Gasteiger partial charge in [-0.05, 0) is 43.5 Å². The van der Waals surface area contributed by atoms with E-state index in [1.165, 1.54) is 6.42 Å². The molecule has 1 saturated heterocycles. The van der Waals surface area contributed by atoms with Crippen LogP contribution in [0.25, 0.3) is 0 Å². The number of benzene rings is 1. The van der Waals surface area contributed by atoms with Crippen LogP contribution < -0.4 is 4.74 Å². The molecule has 1 aliphatic rings. The van der Waals surface area contributed by atoms with E-state index in [0.29, 0.717) is 23.2 Å². The van der Waals surface area contributed by atoms with Crippen LogP contribution in [0.15, 0.2) is 48.7 Å². The minimum absolute atomic E-state index is 0.0979. The van der Waals surface area contributed by atoms with Crippen molar-refractivity contribution in [2.24, 2.45) is 0 Å². The second-order valence-corrected chi connectivity index (χ2v) is 9.72. The summed E-state index contributed by atoms with van der Waals surface area (Å²) >= 11 is 1.93. The quantitative estimate of drug-likeness (QED) is 0.692. The van der Waals surface area contributed by atoms with Crippen LogP contribution in [0, 0.1) is 0 Å². The number of hydrogen-bond acceptors (Lipinski definition) is 4. The third kappa shape index (κ3) is 5.73. The Balaban J connectivity index is 1.72. The summed E-state index contributed by atoms with van der Waals surface area (Å²) in [6, 6.07) is 13.2. The van der Waals surface area contributed by atoms with E-state index in [2.05, 4.69) is 30.7 Å². The van der Waals surface area contributed by atoms with Crippen LogP contribution in [0.5, 0.6) is 11.6 Å². The number of nitrogens with zero attached hydrogens (tertiary/aromatic N) is 2. The highest BCUT2D eigenvalue weighted by molar-refractivity contribution is 8.00. The first-order chi connectivity index (χ1) is 12.9. The molecule has 4 nitrogen and oxygen atoms in total. The number of thioether (sulfide) groups is 1. The zero-order chi connectivity index (χ0) is 19.3. The maximum absolute atomic E-state index is 13.2. The van der Waals surface area contributed by atoms with Gasteiger partial charge in [-0.15, -0.1) is 0 Å². The van der Waals surface area contributed by atoms with E-state index >= 15 is 0 Å². The first-order valence-corrected chi connectivity index (χ1v) is 10.5. The molecular formula is C22H28N2O2S. The molecule has 1 aromatic heterocycles. The fraction of sp³-hybridized carbons (Fsp3) is 0.455. The SMILES string of the molecule is CC(C)(C)SC[C@H]1CCCCN1C(=O)c1cccc(Oc2ccccn2)c1. The molecule has 0 bridgehead atoms. The van der Waals surface area contributed by atoms with Crippen molar-refractivity contribution < 1.29 is 9.53 Å². The summed E-state index contributed by atoms with van der Waals surface area (Å²) in [4.78, 5) is 19.4. The molecule has 0 radical (unpaired) electrons. The Bertz CT molecular complexity index is 758. The average Bonchev–Trinajstić information content (AvgIpc) is 2.66. The summed E-state index contributed by atoms with van der Waals surface area (Å²) in [5, 5.41) is 0. The minimum Gasteiger partial charge on any atom is -0.439 e. The number of carbonyl (C=O) groups is 1. The van der Waals surface area contributed by atoms with E-state index in [0.717, 1.165) is 25.1 Å². The highest BCUT2D eigenvalue weighted by Gasteiger charge is 2.29. The summed E-state index contributed by atoms with van der Waals surface area (Å²) in [5.41, 5.74) is 0.677. The number of piperidine rings is 1. The van der Waals surface area contributed by atoms with Gasteiger partial charge in [-0.1, -0.05) is 32.9 Å². The lowest BCUT2D eigenvalue weighted by atomic mass is 10.0. The van der Waals surface area contributed by atoms with Gasteiger partial charge in [-0.2, -0.15) is 11.8 Å². The van der Waals surface area contributed by atoms with Gasteiger partial charge < -0.3 is 9.64 Å². The van der Waals surface area contributed by atoms with E-state index < -0.39 is 0 Å². The zero-order valence-corrected chi connectivity index (χ0v) is 17.2. The lowest BCUT2D eigenvalue weighted by molar-refractivity contribution is 0.0640. The molecular weight excluding hydrogens is 356 g/mol. The van der Waals surface area contributed by atoms with Crippen LogP contribution in [0.3, 0.4) is 0 Å².